The smallest absolute Gasteiger partial charge is 0.186 e. The Labute approximate surface area is 159 Å². The minimum absolute atomic E-state index is 0.257. The van der Waals surface area contributed by atoms with Crippen molar-refractivity contribution in [2.24, 2.45) is 0 Å². The Hall–Kier alpha value is -0.520. The molecule has 0 unspecified atom stereocenters. The van der Waals surface area contributed by atoms with E-state index in [0.717, 1.165) is 0 Å². The Kier molecular flexibility index (Phi) is 7.20. The van der Waals surface area contributed by atoms with Crippen molar-refractivity contribution < 1.29 is 64.5 Å². The van der Waals surface area contributed by atoms with Crippen LogP contribution in [0.4, 0.5) is 0 Å². The summed E-state index contributed by atoms with van der Waals surface area (Å²) in [6.45, 7) is -0.929. The number of rotatable bonds is 6. The lowest BCUT2D eigenvalue weighted by Gasteiger charge is -2.35. The van der Waals surface area contributed by atoms with E-state index in [4.69, 9.17) is 23.7 Å². The molecule has 0 spiro atoms. The lowest BCUT2D eigenvalue weighted by Crippen LogP contribution is -2.54. The van der Waals surface area contributed by atoms with Crippen LogP contribution in [0.1, 0.15) is 0 Å². The van der Waals surface area contributed by atoms with Crippen molar-refractivity contribution in [1.29, 1.82) is 0 Å². The summed E-state index contributed by atoms with van der Waals surface area (Å²) in [5, 5.41) is 77.4. The van der Waals surface area contributed by atoms with Gasteiger partial charge < -0.3 is 64.5 Å². The van der Waals surface area contributed by atoms with E-state index < -0.39 is 73.8 Å². The van der Waals surface area contributed by atoms with Crippen LogP contribution in [0.3, 0.4) is 0 Å². The van der Waals surface area contributed by atoms with E-state index in [0.29, 0.717) is 0 Å². The van der Waals surface area contributed by atoms with Crippen molar-refractivity contribution >= 4 is 0 Å². The maximum atomic E-state index is 10.1. The van der Waals surface area contributed by atoms with Crippen LogP contribution in [0.5, 0.6) is 0 Å². The van der Waals surface area contributed by atoms with E-state index in [9.17, 15) is 40.9 Å². The van der Waals surface area contributed by atoms with Crippen molar-refractivity contribution in [3.63, 3.8) is 0 Å². The highest BCUT2D eigenvalue weighted by molar-refractivity contribution is 4.90. The Bertz CT molecular complexity index is 508. The first-order chi connectivity index (χ1) is 13.2. The standard InChI is InChI=1S/C15H26O13/c16-4-1-24-14(11(21)7(4)17)25-3-6-9(19)12(22)15(28-6)26-2-5-8(18)10(20)13(23)27-5/h4-23H,1-3H2/t4-,5+,6+,7+,8+,9+,10-,11-,12-,13-,14+,15-/m0/s1. The fourth-order valence-corrected chi connectivity index (χ4v) is 3.16. The summed E-state index contributed by atoms with van der Waals surface area (Å²) < 4.78 is 25.8. The fourth-order valence-electron chi connectivity index (χ4n) is 3.16. The molecule has 13 heteroatoms. The lowest BCUT2D eigenvalue weighted by atomic mass is 10.1. The third-order valence-corrected chi connectivity index (χ3v) is 4.96. The fraction of sp³-hybridized carbons (Fsp3) is 1.00. The first kappa shape index (κ1) is 22.2. The zero-order valence-corrected chi connectivity index (χ0v) is 14.7. The average molecular weight is 414 g/mol. The molecule has 3 aliphatic heterocycles. The summed E-state index contributed by atoms with van der Waals surface area (Å²) in [5.74, 6) is 0. The Morgan fingerprint density at radius 2 is 1.14 bits per heavy atom. The van der Waals surface area contributed by atoms with Crippen molar-refractivity contribution in [1.82, 2.24) is 0 Å². The van der Waals surface area contributed by atoms with E-state index in [2.05, 4.69) is 0 Å². The van der Waals surface area contributed by atoms with Gasteiger partial charge in [0.2, 0.25) is 0 Å². The van der Waals surface area contributed by atoms with Gasteiger partial charge in [-0.15, -0.1) is 0 Å². The highest BCUT2D eigenvalue weighted by Crippen LogP contribution is 2.26. The van der Waals surface area contributed by atoms with Crippen molar-refractivity contribution in [2.45, 2.75) is 73.8 Å². The first-order valence-electron chi connectivity index (χ1n) is 8.81. The quantitative estimate of drug-likeness (QED) is 0.204. The molecule has 0 bridgehead atoms. The largest absolute Gasteiger partial charge is 0.388 e. The molecule has 13 nitrogen and oxygen atoms in total. The predicted molar refractivity (Wildman–Crippen MR) is 83.2 cm³/mol. The molecule has 3 heterocycles. The minimum Gasteiger partial charge on any atom is -0.388 e. The molecule has 0 aromatic heterocycles. The van der Waals surface area contributed by atoms with Gasteiger partial charge in [0.1, 0.15) is 54.9 Å². The Morgan fingerprint density at radius 1 is 0.607 bits per heavy atom. The predicted octanol–water partition coefficient (Wildman–Crippen LogP) is -5.66. The third-order valence-electron chi connectivity index (χ3n) is 4.96. The van der Waals surface area contributed by atoms with Crippen molar-refractivity contribution in [3.05, 3.63) is 0 Å². The molecule has 12 atom stereocenters. The summed E-state index contributed by atoms with van der Waals surface area (Å²) in [6.07, 6.45) is -16.3. The van der Waals surface area contributed by atoms with E-state index in [1.165, 1.54) is 0 Å². The molecule has 0 amide bonds. The second-order valence-corrected chi connectivity index (χ2v) is 6.99. The SMILES string of the molecule is O[C@@H]1[C@@H](OC[C@H]2O[C@H](OC[C@H]3O[C@H](O)[C@@H](O)[C@@H]3O)[C@@H](O)[C@@H]2O)OC[C@H](O)[C@H]1O. The molecule has 0 aromatic rings. The van der Waals surface area contributed by atoms with Crippen LogP contribution in [0.2, 0.25) is 0 Å². The van der Waals surface area contributed by atoms with Crippen LogP contribution in [-0.4, -0.2) is 134 Å². The molecule has 0 aliphatic carbocycles. The first-order valence-corrected chi connectivity index (χ1v) is 8.81. The third kappa shape index (κ3) is 4.46. The lowest BCUT2D eigenvalue weighted by molar-refractivity contribution is -0.279. The van der Waals surface area contributed by atoms with Gasteiger partial charge in [-0.25, -0.2) is 0 Å². The van der Waals surface area contributed by atoms with E-state index in [1.54, 1.807) is 0 Å². The van der Waals surface area contributed by atoms with Crippen LogP contribution in [0.15, 0.2) is 0 Å². The summed E-state index contributed by atoms with van der Waals surface area (Å²) in [6, 6.07) is 0. The molecule has 164 valence electrons. The number of aliphatic hydroxyl groups excluding tert-OH is 8. The van der Waals surface area contributed by atoms with Gasteiger partial charge >= 0.3 is 0 Å². The number of ether oxygens (including phenoxy) is 5. The summed E-state index contributed by atoms with van der Waals surface area (Å²) in [5.41, 5.74) is 0. The maximum absolute atomic E-state index is 10.1. The van der Waals surface area contributed by atoms with Gasteiger partial charge in [0, 0.05) is 0 Å². The molecule has 0 radical (unpaired) electrons. The van der Waals surface area contributed by atoms with Gasteiger partial charge in [0.15, 0.2) is 18.9 Å². The van der Waals surface area contributed by atoms with E-state index >= 15 is 0 Å². The van der Waals surface area contributed by atoms with E-state index in [1.807, 2.05) is 0 Å². The molecule has 3 saturated heterocycles. The van der Waals surface area contributed by atoms with Gasteiger partial charge in [-0.3, -0.25) is 0 Å². The van der Waals surface area contributed by atoms with E-state index in [-0.39, 0.29) is 19.8 Å². The molecule has 28 heavy (non-hydrogen) atoms. The van der Waals surface area contributed by atoms with Crippen molar-refractivity contribution in [2.75, 3.05) is 19.8 Å². The zero-order valence-electron chi connectivity index (χ0n) is 14.7. The number of aliphatic hydroxyl groups is 8. The maximum Gasteiger partial charge on any atom is 0.186 e. The minimum atomic E-state index is -1.57. The molecule has 0 saturated carbocycles. The summed E-state index contributed by atoms with van der Waals surface area (Å²) in [7, 11) is 0. The molecular formula is C15H26O13. The topological polar surface area (TPSA) is 208 Å². The highest BCUT2D eigenvalue weighted by atomic mass is 16.7. The van der Waals surface area contributed by atoms with Crippen LogP contribution in [0.25, 0.3) is 0 Å². The number of hydrogen-bond donors (Lipinski definition) is 8. The van der Waals surface area contributed by atoms with Crippen LogP contribution < -0.4 is 0 Å². The van der Waals surface area contributed by atoms with Gasteiger partial charge in [0.05, 0.1) is 19.8 Å². The Morgan fingerprint density at radius 3 is 1.75 bits per heavy atom. The van der Waals surface area contributed by atoms with Gasteiger partial charge in [-0.1, -0.05) is 0 Å². The van der Waals surface area contributed by atoms with Crippen LogP contribution >= 0.6 is 0 Å². The highest BCUT2D eigenvalue weighted by Gasteiger charge is 2.47. The molecule has 3 rings (SSSR count). The molecule has 3 aliphatic rings. The summed E-state index contributed by atoms with van der Waals surface area (Å²) in [4.78, 5) is 0. The van der Waals surface area contributed by atoms with Gasteiger partial charge in [0.25, 0.3) is 0 Å². The second-order valence-electron chi connectivity index (χ2n) is 6.99. The second kappa shape index (κ2) is 9.09. The monoisotopic (exact) mass is 414 g/mol. The van der Waals surface area contributed by atoms with Crippen LogP contribution in [0, 0.1) is 0 Å². The molecule has 0 aromatic carbocycles. The van der Waals surface area contributed by atoms with Crippen LogP contribution in [-0.2, 0) is 23.7 Å². The zero-order chi connectivity index (χ0) is 20.6. The number of hydrogen-bond acceptors (Lipinski definition) is 13. The molecular weight excluding hydrogens is 388 g/mol. The van der Waals surface area contributed by atoms with Gasteiger partial charge in [-0.05, 0) is 0 Å². The Balaban J connectivity index is 1.46. The average Bonchev–Trinajstić information content (AvgIpc) is 3.08. The van der Waals surface area contributed by atoms with Gasteiger partial charge in [-0.2, -0.15) is 0 Å². The molecule has 8 N–H and O–H groups in total. The normalized spacial score (nSPS) is 52.3. The van der Waals surface area contributed by atoms with Crippen molar-refractivity contribution in [3.8, 4) is 0 Å². The summed E-state index contributed by atoms with van der Waals surface area (Å²) >= 11 is 0. The molecule has 3 fully saturated rings.